The van der Waals surface area contributed by atoms with Crippen molar-refractivity contribution in [3.05, 3.63) is 132 Å². The van der Waals surface area contributed by atoms with E-state index in [2.05, 4.69) is 36.2 Å². The van der Waals surface area contributed by atoms with Crippen molar-refractivity contribution in [1.82, 2.24) is 9.80 Å². The summed E-state index contributed by atoms with van der Waals surface area (Å²) in [7, 11) is 0. The van der Waals surface area contributed by atoms with Gasteiger partial charge in [-0.15, -0.1) is 0 Å². The molecule has 3 amide bonds. The molecule has 2 heterocycles. The molecule has 4 aromatic carbocycles. The maximum absolute atomic E-state index is 12.7. The van der Waals surface area contributed by atoms with Gasteiger partial charge in [0.15, 0.2) is 0 Å². The summed E-state index contributed by atoms with van der Waals surface area (Å²) in [6, 6.07) is 39.9. The number of piperidine rings is 2. The number of likely N-dealkylation sites (tertiary alicyclic amines) is 2. The molecule has 0 aromatic heterocycles. The molecule has 2 fully saturated rings. The van der Waals surface area contributed by atoms with Crippen molar-refractivity contribution < 1.29 is 95.0 Å². The molecule has 4 aromatic rings. The van der Waals surface area contributed by atoms with Gasteiger partial charge in [0, 0.05) is 114 Å². The fourth-order valence-corrected chi connectivity index (χ4v) is 7.27. The van der Waals surface area contributed by atoms with E-state index in [4.69, 9.17) is 31.1 Å². The molecule has 0 unspecified atom stereocenters. The SMILES string of the molecule is CCC(=O)Cl.CCC(=O)N(c1ccccc1)[C@@H](C)[C@H]1CCCN(C(=O)OCc2ccccc2)C1.C[C@H](Nc1ccccc1)[C@H]1CCCN(C(=O)OCc2ccccc2)C1.O=CO[O-].[K+].[K]. The fourth-order valence-electron chi connectivity index (χ4n) is 7.27. The number of ether oxygens (including phenoxy) is 2. The van der Waals surface area contributed by atoms with E-state index in [1.54, 1.807) is 11.8 Å². The Morgan fingerprint density at radius 3 is 1.54 bits per heavy atom. The topological polar surface area (TPSA) is 158 Å². The Hall–Kier alpha value is -2.65. The maximum Gasteiger partial charge on any atom is 1.00 e. The van der Waals surface area contributed by atoms with E-state index in [0.29, 0.717) is 44.5 Å². The van der Waals surface area contributed by atoms with Gasteiger partial charge in [-0.1, -0.05) is 111 Å². The number of anilines is 2. The van der Waals surface area contributed by atoms with Gasteiger partial charge in [0.05, 0.1) is 0 Å². The minimum absolute atomic E-state index is 0. The van der Waals surface area contributed by atoms with E-state index >= 15 is 0 Å². The van der Waals surface area contributed by atoms with Crippen LogP contribution in [-0.2, 0) is 42.0 Å². The second-order valence-corrected chi connectivity index (χ2v) is 15.6. The molecular formula is C49H62ClK2N4O9. The number of benzene rings is 4. The molecule has 16 heteroatoms. The van der Waals surface area contributed by atoms with Crippen LogP contribution in [0.5, 0.6) is 0 Å². The summed E-state index contributed by atoms with van der Waals surface area (Å²) in [4.78, 5) is 64.0. The molecule has 0 saturated carbocycles. The summed E-state index contributed by atoms with van der Waals surface area (Å²) in [6.07, 6.45) is 4.45. The molecular weight excluding hydrogens is 902 g/mol. The van der Waals surface area contributed by atoms with Gasteiger partial charge in [0.2, 0.25) is 11.1 Å². The predicted octanol–water partition coefficient (Wildman–Crippen LogP) is 5.62. The van der Waals surface area contributed by atoms with Crippen molar-refractivity contribution in [3.63, 3.8) is 0 Å². The first-order valence-electron chi connectivity index (χ1n) is 21.5. The van der Waals surface area contributed by atoms with Gasteiger partial charge in [-0.2, -0.15) is 0 Å². The van der Waals surface area contributed by atoms with Crippen molar-refractivity contribution in [1.29, 1.82) is 0 Å². The van der Waals surface area contributed by atoms with Crippen LogP contribution in [0, 0.1) is 11.8 Å². The van der Waals surface area contributed by atoms with Gasteiger partial charge in [-0.3, -0.25) is 14.4 Å². The monoisotopic (exact) mass is 963 g/mol. The Bertz CT molecular complexity index is 1920. The molecule has 1 radical (unpaired) electrons. The Labute approximate surface area is 475 Å². The van der Waals surface area contributed by atoms with Gasteiger partial charge < -0.3 is 39.6 Å². The number of para-hydroxylation sites is 2. The van der Waals surface area contributed by atoms with Gasteiger partial charge in [-0.25, -0.2) is 9.59 Å². The first kappa shape index (κ1) is 60.4. The number of halogens is 1. The maximum atomic E-state index is 12.7. The summed E-state index contributed by atoms with van der Waals surface area (Å²) in [5.41, 5.74) is 4.03. The Morgan fingerprint density at radius 2 is 1.12 bits per heavy atom. The van der Waals surface area contributed by atoms with Crippen LogP contribution >= 0.6 is 11.6 Å². The second-order valence-electron chi connectivity index (χ2n) is 15.2. The molecule has 0 bridgehead atoms. The van der Waals surface area contributed by atoms with Gasteiger partial charge in [0.1, 0.15) is 13.2 Å². The summed E-state index contributed by atoms with van der Waals surface area (Å²) >= 11 is 4.82. The predicted molar refractivity (Wildman–Crippen MR) is 249 cm³/mol. The zero-order chi connectivity index (χ0) is 45.8. The normalized spacial score (nSPS) is 15.8. The van der Waals surface area contributed by atoms with E-state index < -0.39 is 0 Å². The number of nitrogens with zero attached hydrogens (tertiary/aromatic N) is 3. The average molecular weight is 965 g/mol. The molecule has 2 saturated heterocycles. The van der Waals surface area contributed by atoms with Crippen LogP contribution in [0.25, 0.3) is 0 Å². The quantitative estimate of drug-likeness (QED) is 0.0587. The first-order chi connectivity index (χ1) is 30.5. The van der Waals surface area contributed by atoms with Crippen LogP contribution in [-0.4, -0.2) is 129 Å². The van der Waals surface area contributed by atoms with Crippen molar-refractivity contribution in [2.24, 2.45) is 11.8 Å². The molecule has 65 heavy (non-hydrogen) atoms. The van der Waals surface area contributed by atoms with Gasteiger partial charge in [-0.05, 0) is 98.4 Å². The number of hydrogen-bond donors (Lipinski definition) is 1. The molecule has 2 aliphatic rings. The largest absolute Gasteiger partial charge is 1.00 e. The van der Waals surface area contributed by atoms with Crippen LogP contribution in [0.1, 0.15) is 77.3 Å². The molecule has 341 valence electrons. The third kappa shape index (κ3) is 23.3. The van der Waals surface area contributed by atoms with Gasteiger partial charge >= 0.3 is 63.6 Å². The minimum Gasteiger partial charge on any atom is -0.662 e. The van der Waals surface area contributed by atoms with Crippen molar-refractivity contribution in [2.75, 3.05) is 36.4 Å². The van der Waals surface area contributed by atoms with Crippen LogP contribution in [0.15, 0.2) is 121 Å². The molecule has 6 rings (SSSR count). The number of rotatable bonds is 13. The second kappa shape index (κ2) is 35.5. The summed E-state index contributed by atoms with van der Waals surface area (Å²) < 4.78 is 11.0. The van der Waals surface area contributed by atoms with E-state index in [0.717, 1.165) is 61.3 Å². The van der Waals surface area contributed by atoms with Crippen LogP contribution < -0.4 is 66.9 Å². The zero-order valence-electron chi connectivity index (χ0n) is 38.8. The molecule has 0 aliphatic carbocycles. The van der Waals surface area contributed by atoms with Gasteiger partial charge in [0.25, 0.3) is 6.47 Å². The van der Waals surface area contributed by atoms with Crippen LogP contribution in [0.3, 0.4) is 0 Å². The summed E-state index contributed by atoms with van der Waals surface area (Å²) in [6.45, 7) is 11.1. The standard InChI is InChI=1S/C24H30N2O3.C21H26N2O2.C3H5ClO.CH2O3.2K/c1-3-23(27)26(22-14-8-5-9-15-22)19(2)21-13-10-16-25(17-21)24(28)29-18-20-11-6-4-7-12-20;1-17(22-20-12-6-3-7-13-20)19-11-8-14-23(15-19)21(24)25-16-18-9-4-2-5-10-18;1-2-3(4)5;2-1-4-3;;/h4-9,11-12,14-15,19,21H,3,10,13,16-18H2,1-2H3;2-7,9-10,12-13,17,19,22H,8,11,14-16H2,1H3;2H2,1H3;1,3H;;/q;;;;;+1/p-1/t19-,21-;17-,19-;;;;/m00..../s1. The van der Waals surface area contributed by atoms with E-state index in [-0.39, 0.29) is 151 Å². The van der Waals surface area contributed by atoms with E-state index in [1.165, 1.54) is 0 Å². The number of nitrogens with one attached hydrogen (secondary N) is 1. The number of hydrogen-bond acceptors (Lipinski definition) is 10. The number of carbonyl (C=O) groups excluding carboxylic acids is 5. The molecule has 13 nitrogen and oxygen atoms in total. The van der Waals surface area contributed by atoms with E-state index in [1.807, 2.05) is 126 Å². The molecule has 1 N–H and O–H groups in total. The molecule has 0 spiro atoms. The fraction of sp³-hybridized carbons (Fsp3) is 0.408. The summed E-state index contributed by atoms with van der Waals surface area (Å²) in [5, 5.41) is 11.7. The van der Waals surface area contributed by atoms with Crippen LogP contribution in [0.2, 0.25) is 0 Å². The average Bonchev–Trinajstić information content (AvgIpc) is 3.34. The van der Waals surface area contributed by atoms with Crippen LogP contribution in [0.4, 0.5) is 21.0 Å². The number of amides is 3. The van der Waals surface area contributed by atoms with Crippen molar-refractivity contribution in [3.8, 4) is 0 Å². The summed E-state index contributed by atoms with van der Waals surface area (Å²) in [5.74, 6) is 0.745. The van der Waals surface area contributed by atoms with Crippen molar-refractivity contribution >= 4 is 104 Å². The number of carbonyl (C=O) groups is 5. The zero-order valence-corrected chi connectivity index (χ0v) is 45.8. The third-order valence-corrected chi connectivity index (χ3v) is 11.0. The Balaban J connectivity index is 0.000000537. The first-order valence-corrected chi connectivity index (χ1v) is 21.9. The smallest absolute Gasteiger partial charge is 0.662 e. The Morgan fingerprint density at radius 1 is 0.723 bits per heavy atom. The third-order valence-electron chi connectivity index (χ3n) is 10.7. The molecule has 4 atom stereocenters. The van der Waals surface area contributed by atoms with E-state index in [9.17, 15) is 19.2 Å². The minimum atomic E-state index is -0.279. The Kier molecular flexibility index (Phi) is 33.0. The van der Waals surface area contributed by atoms with Crippen molar-refractivity contribution in [2.45, 2.75) is 91.5 Å². The molecule has 2 aliphatic heterocycles.